The van der Waals surface area contributed by atoms with Crippen LogP contribution < -0.4 is 9.64 Å². The van der Waals surface area contributed by atoms with Gasteiger partial charge in [-0.05, 0) is 42.2 Å². The molecule has 3 nitrogen and oxygen atoms in total. The lowest BCUT2D eigenvalue weighted by Gasteiger charge is -2.17. The summed E-state index contributed by atoms with van der Waals surface area (Å²) in [7, 11) is 0. The van der Waals surface area contributed by atoms with Gasteiger partial charge in [0, 0.05) is 18.7 Å². The first kappa shape index (κ1) is 15.5. The van der Waals surface area contributed by atoms with Crippen LogP contribution in [0, 0.1) is 0 Å². The van der Waals surface area contributed by atoms with Crippen molar-refractivity contribution in [1.82, 2.24) is 0 Å². The van der Waals surface area contributed by atoms with E-state index in [1.807, 2.05) is 29.2 Å². The topological polar surface area (TPSA) is 29.5 Å². The van der Waals surface area contributed by atoms with Crippen LogP contribution in [0.3, 0.4) is 0 Å². The molecule has 120 valence electrons. The van der Waals surface area contributed by atoms with Crippen molar-refractivity contribution in [2.75, 3.05) is 11.4 Å². The Bertz CT molecular complexity index is 686. The standard InChI is InChI=1S/C18H17F2NO2/c19-18(20)23-15-8-5-13(6-9-15)7-10-17(22)21-12-11-14-3-1-2-4-16(14)21/h1-6,8-9,18H,7,10-12H2. The smallest absolute Gasteiger partial charge is 0.387 e. The fourth-order valence-electron chi connectivity index (χ4n) is 2.82. The van der Waals surface area contributed by atoms with Gasteiger partial charge in [0.25, 0.3) is 0 Å². The summed E-state index contributed by atoms with van der Waals surface area (Å²) in [6.07, 6.45) is 1.86. The molecule has 0 aliphatic carbocycles. The van der Waals surface area contributed by atoms with E-state index in [0.29, 0.717) is 12.8 Å². The highest BCUT2D eigenvalue weighted by Crippen LogP contribution is 2.28. The van der Waals surface area contributed by atoms with Crippen LogP contribution >= 0.6 is 0 Å². The lowest BCUT2D eigenvalue weighted by Crippen LogP contribution is -2.29. The summed E-state index contributed by atoms with van der Waals surface area (Å²) < 4.78 is 28.5. The number of anilines is 1. The van der Waals surface area contributed by atoms with Crippen LogP contribution in [-0.4, -0.2) is 19.1 Å². The number of hydrogen-bond acceptors (Lipinski definition) is 2. The predicted octanol–water partition coefficient (Wildman–Crippen LogP) is 3.81. The zero-order chi connectivity index (χ0) is 16.2. The number of fused-ring (bicyclic) bond motifs is 1. The van der Waals surface area contributed by atoms with Gasteiger partial charge in [-0.15, -0.1) is 0 Å². The number of amides is 1. The molecule has 23 heavy (non-hydrogen) atoms. The maximum Gasteiger partial charge on any atom is 0.387 e. The van der Waals surface area contributed by atoms with Crippen LogP contribution in [0.5, 0.6) is 5.75 Å². The first-order valence-corrected chi connectivity index (χ1v) is 7.55. The molecule has 2 aromatic rings. The number of nitrogens with zero attached hydrogens (tertiary/aromatic N) is 1. The highest BCUT2D eigenvalue weighted by Gasteiger charge is 2.23. The second-order valence-electron chi connectivity index (χ2n) is 5.45. The summed E-state index contributed by atoms with van der Waals surface area (Å²) in [5.41, 5.74) is 3.12. The van der Waals surface area contributed by atoms with Crippen molar-refractivity contribution in [3.63, 3.8) is 0 Å². The number of carbonyl (C=O) groups excluding carboxylic acids is 1. The van der Waals surface area contributed by atoms with Gasteiger partial charge in [-0.2, -0.15) is 8.78 Å². The second-order valence-corrected chi connectivity index (χ2v) is 5.45. The number of ether oxygens (including phenoxy) is 1. The Kier molecular flexibility index (Phi) is 4.55. The molecule has 0 fully saturated rings. The monoisotopic (exact) mass is 317 g/mol. The zero-order valence-electron chi connectivity index (χ0n) is 12.5. The van der Waals surface area contributed by atoms with Crippen molar-refractivity contribution < 1.29 is 18.3 Å². The van der Waals surface area contributed by atoms with Gasteiger partial charge < -0.3 is 9.64 Å². The summed E-state index contributed by atoms with van der Waals surface area (Å²) in [6, 6.07) is 14.4. The molecule has 0 aromatic heterocycles. The fourth-order valence-corrected chi connectivity index (χ4v) is 2.82. The quantitative estimate of drug-likeness (QED) is 0.839. The van der Waals surface area contributed by atoms with E-state index in [1.54, 1.807) is 12.1 Å². The van der Waals surface area contributed by atoms with E-state index in [2.05, 4.69) is 4.74 Å². The normalized spacial score (nSPS) is 13.3. The van der Waals surface area contributed by atoms with Gasteiger partial charge in [0.2, 0.25) is 5.91 Å². The first-order valence-electron chi connectivity index (χ1n) is 7.55. The average molecular weight is 317 g/mol. The lowest BCUT2D eigenvalue weighted by molar-refractivity contribution is -0.118. The average Bonchev–Trinajstić information content (AvgIpc) is 2.97. The highest BCUT2D eigenvalue weighted by molar-refractivity contribution is 5.95. The maximum atomic E-state index is 12.4. The van der Waals surface area contributed by atoms with Gasteiger partial charge in [0.1, 0.15) is 5.75 Å². The number of para-hydroxylation sites is 1. The van der Waals surface area contributed by atoms with Crippen molar-refractivity contribution >= 4 is 11.6 Å². The van der Waals surface area contributed by atoms with Crippen LogP contribution in [0.4, 0.5) is 14.5 Å². The Morgan fingerprint density at radius 1 is 1.13 bits per heavy atom. The largest absolute Gasteiger partial charge is 0.435 e. The molecule has 1 aliphatic rings. The fraction of sp³-hybridized carbons (Fsp3) is 0.278. The van der Waals surface area contributed by atoms with Gasteiger partial charge >= 0.3 is 6.61 Å². The van der Waals surface area contributed by atoms with Crippen LogP contribution in [0.15, 0.2) is 48.5 Å². The Morgan fingerprint density at radius 3 is 2.61 bits per heavy atom. The van der Waals surface area contributed by atoms with Gasteiger partial charge in [-0.25, -0.2) is 0 Å². The van der Waals surface area contributed by atoms with Crippen molar-refractivity contribution in [3.05, 3.63) is 59.7 Å². The van der Waals surface area contributed by atoms with Gasteiger partial charge in [0.15, 0.2) is 0 Å². The summed E-state index contributed by atoms with van der Waals surface area (Å²) in [4.78, 5) is 14.2. The van der Waals surface area contributed by atoms with Crippen molar-refractivity contribution in [2.24, 2.45) is 0 Å². The summed E-state index contributed by atoms with van der Waals surface area (Å²) in [6.45, 7) is -2.10. The van der Waals surface area contributed by atoms with E-state index >= 15 is 0 Å². The van der Waals surface area contributed by atoms with E-state index in [9.17, 15) is 13.6 Å². The van der Waals surface area contributed by atoms with Gasteiger partial charge in [0.05, 0.1) is 0 Å². The molecule has 0 radical (unpaired) electrons. The summed E-state index contributed by atoms with van der Waals surface area (Å²) in [5.74, 6) is 0.214. The zero-order valence-corrected chi connectivity index (χ0v) is 12.5. The molecule has 3 rings (SSSR count). The van der Waals surface area contributed by atoms with Crippen LogP contribution in [0.25, 0.3) is 0 Å². The molecule has 0 N–H and O–H groups in total. The van der Waals surface area contributed by atoms with Crippen molar-refractivity contribution in [3.8, 4) is 5.75 Å². The maximum absolute atomic E-state index is 12.4. The van der Waals surface area contributed by atoms with E-state index in [-0.39, 0.29) is 11.7 Å². The number of alkyl halides is 2. The second kappa shape index (κ2) is 6.77. The minimum Gasteiger partial charge on any atom is -0.435 e. The molecule has 5 heteroatoms. The molecule has 1 heterocycles. The molecule has 0 atom stereocenters. The SMILES string of the molecule is O=C(CCc1ccc(OC(F)F)cc1)N1CCc2ccccc21. The Labute approximate surface area is 133 Å². The Balaban J connectivity index is 1.57. The molecular weight excluding hydrogens is 300 g/mol. The number of hydrogen-bond donors (Lipinski definition) is 0. The number of carbonyl (C=O) groups is 1. The Hall–Kier alpha value is -2.43. The third-order valence-electron chi connectivity index (χ3n) is 3.96. The molecule has 1 aliphatic heterocycles. The molecular formula is C18H17F2NO2. The van der Waals surface area contributed by atoms with Crippen molar-refractivity contribution in [2.45, 2.75) is 25.9 Å². The lowest BCUT2D eigenvalue weighted by atomic mass is 10.1. The molecule has 0 saturated heterocycles. The highest BCUT2D eigenvalue weighted by atomic mass is 19.3. The number of halogens is 2. The minimum atomic E-state index is -2.82. The molecule has 1 amide bonds. The van der Waals surface area contributed by atoms with Crippen LogP contribution in [0.2, 0.25) is 0 Å². The minimum absolute atomic E-state index is 0.0860. The summed E-state index contributed by atoms with van der Waals surface area (Å²) in [5, 5.41) is 0. The van der Waals surface area contributed by atoms with E-state index in [4.69, 9.17) is 0 Å². The Morgan fingerprint density at radius 2 is 1.87 bits per heavy atom. The molecule has 0 bridgehead atoms. The number of aryl methyl sites for hydroxylation is 1. The third kappa shape index (κ3) is 3.67. The summed E-state index contributed by atoms with van der Waals surface area (Å²) >= 11 is 0. The van der Waals surface area contributed by atoms with E-state index in [1.165, 1.54) is 17.7 Å². The van der Waals surface area contributed by atoms with Gasteiger partial charge in [-0.1, -0.05) is 30.3 Å². The molecule has 2 aromatic carbocycles. The van der Waals surface area contributed by atoms with Gasteiger partial charge in [-0.3, -0.25) is 4.79 Å². The first-order chi connectivity index (χ1) is 11.1. The predicted molar refractivity (Wildman–Crippen MR) is 83.9 cm³/mol. The van der Waals surface area contributed by atoms with Crippen LogP contribution in [0.1, 0.15) is 17.5 Å². The molecule has 0 unspecified atom stereocenters. The van der Waals surface area contributed by atoms with Crippen LogP contribution in [-0.2, 0) is 17.6 Å². The number of benzene rings is 2. The number of rotatable bonds is 5. The molecule has 0 saturated carbocycles. The van der Waals surface area contributed by atoms with E-state index < -0.39 is 6.61 Å². The molecule has 0 spiro atoms. The van der Waals surface area contributed by atoms with Crippen molar-refractivity contribution in [1.29, 1.82) is 0 Å². The third-order valence-corrected chi connectivity index (χ3v) is 3.96. The van der Waals surface area contributed by atoms with E-state index in [0.717, 1.165) is 24.2 Å².